The zero-order valence-electron chi connectivity index (χ0n) is 10.8. The van der Waals surface area contributed by atoms with Crippen LogP contribution in [0.3, 0.4) is 0 Å². The molecule has 1 unspecified atom stereocenters. The van der Waals surface area contributed by atoms with Gasteiger partial charge in [0.2, 0.25) is 5.91 Å². The van der Waals surface area contributed by atoms with E-state index in [4.69, 9.17) is 0 Å². The molecule has 0 radical (unpaired) electrons. The Morgan fingerprint density at radius 1 is 1.37 bits per heavy atom. The highest BCUT2D eigenvalue weighted by Crippen LogP contribution is 2.48. The molecular formula is C15H14FNOS. The van der Waals surface area contributed by atoms with E-state index in [1.54, 1.807) is 17.4 Å². The van der Waals surface area contributed by atoms with E-state index in [0.717, 1.165) is 16.0 Å². The molecule has 0 aliphatic carbocycles. The third-order valence-electron chi connectivity index (χ3n) is 3.86. The first-order valence-electron chi connectivity index (χ1n) is 6.25. The van der Waals surface area contributed by atoms with Crippen molar-refractivity contribution in [2.24, 2.45) is 0 Å². The van der Waals surface area contributed by atoms with E-state index >= 15 is 0 Å². The van der Waals surface area contributed by atoms with Gasteiger partial charge in [-0.05, 0) is 48.1 Å². The first kappa shape index (κ1) is 12.4. The molecule has 0 saturated heterocycles. The van der Waals surface area contributed by atoms with Crippen molar-refractivity contribution in [2.75, 3.05) is 5.32 Å². The highest BCUT2D eigenvalue weighted by molar-refractivity contribution is 7.10. The minimum Gasteiger partial charge on any atom is -0.325 e. The van der Waals surface area contributed by atoms with Crippen LogP contribution in [0.1, 0.15) is 29.3 Å². The smallest absolute Gasteiger partial charge is 0.240 e. The van der Waals surface area contributed by atoms with Crippen LogP contribution >= 0.6 is 11.3 Å². The first-order valence-corrected chi connectivity index (χ1v) is 7.13. The Hall–Kier alpha value is -1.68. The molecule has 1 aromatic heterocycles. The third kappa shape index (κ3) is 1.56. The van der Waals surface area contributed by atoms with Gasteiger partial charge in [0.25, 0.3) is 0 Å². The lowest BCUT2D eigenvalue weighted by molar-refractivity contribution is -0.119. The van der Waals surface area contributed by atoms with Crippen molar-refractivity contribution in [1.29, 1.82) is 0 Å². The number of benzene rings is 1. The van der Waals surface area contributed by atoms with E-state index in [9.17, 15) is 9.18 Å². The molecule has 19 heavy (non-hydrogen) atoms. The number of carbonyl (C=O) groups excluding carboxylic acids is 1. The summed E-state index contributed by atoms with van der Waals surface area (Å²) in [6.45, 7) is 4.01. The summed E-state index contributed by atoms with van der Waals surface area (Å²) < 4.78 is 13.3. The average Bonchev–Trinajstić information content (AvgIpc) is 2.90. The van der Waals surface area contributed by atoms with Gasteiger partial charge in [0.05, 0.1) is 0 Å². The highest BCUT2D eigenvalue weighted by atomic mass is 32.1. The number of hydrogen-bond acceptors (Lipinski definition) is 2. The Kier molecular flexibility index (Phi) is 2.71. The number of hydrogen-bond donors (Lipinski definition) is 1. The Bertz CT molecular complexity index is 664. The monoisotopic (exact) mass is 275 g/mol. The van der Waals surface area contributed by atoms with E-state index in [1.165, 1.54) is 12.1 Å². The first-order chi connectivity index (χ1) is 9.09. The average molecular weight is 275 g/mol. The number of amides is 1. The van der Waals surface area contributed by atoms with Crippen molar-refractivity contribution in [2.45, 2.75) is 25.7 Å². The molecular weight excluding hydrogens is 261 g/mol. The van der Waals surface area contributed by atoms with E-state index in [0.29, 0.717) is 12.1 Å². The van der Waals surface area contributed by atoms with E-state index < -0.39 is 5.41 Å². The van der Waals surface area contributed by atoms with Gasteiger partial charge in [-0.2, -0.15) is 0 Å². The van der Waals surface area contributed by atoms with Crippen LogP contribution in [0.5, 0.6) is 0 Å². The maximum absolute atomic E-state index is 13.3. The zero-order chi connectivity index (χ0) is 13.6. The SMILES string of the molecule is CCC1(c2sccc2C)C(=O)Nc2cc(F)ccc21. The zero-order valence-corrected chi connectivity index (χ0v) is 11.6. The second-order valence-electron chi connectivity index (χ2n) is 4.84. The van der Waals surface area contributed by atoms with Crippen LogP contribution in [0.15, 0.2) is 29.6 Å². The molecule has 1 N–H and O–H groups in total. The maximum atomic E-state index is 13.3. The van der Waals surface area contributed by atoms with Gasteiger partial charge < -0.3 is 5.32 Å². The van der Waals surface area contributed by atoms with E-state index in [-0.39, 0.29) is 11.7 Å². The Balaban J connectivity index is 2.29. The quantitative estimate of drug-likeness (QED) is 0.886. The summed E-state index contributed by atoms with van der Waals surface area (Å²) in [6.07, 6.45) is 0.665. The predicted octanol–water partition coefficient (Wildman–Crippen LogP) is 3.84. The number of aryl methyl sites for hydroxylation is 1. The lowest BCUT2D eigenvalue weighted by Gasteiger charge is -2.25. The van der Waals surface area contributed by atoms with Crippen LogP contribution in [-0.2, 0) is 10.2 Å². The minimum atomic E-state index is -0.665. The number of nitrogens with one attached hydrogen (secondary N) is 1. The normalized spacial score (nSPS) is 21.3. The molecule has 4 heteroatoms. The number of thiophene rings is 1. The highest BCUT2D eigenvalue weighted by Gasteiger charge is 2.48. The summed E-state index contributed by atoms with van der Waals surface area (Å²) in [5.41, 5.74) is 1.92. The molecule has 2 aromatic rings. The van der Waals surface area contributed by atoms with Crippen LogP contribution in [0.25, 0.3) is 0 Å². The Morgan fingerprint density at radius 2 is 2.16 bits per heavy atom. The van der Waals surface area contributed by atoms with Crippen molar-refractivity contribution < 1.29 is 9.18 Å². The minimum absolute atomic E-state index is 0.0545. The van der Waals surface area contributed by atoms with Gasteiger partial charge in [0.1, 0.15) is 11.2 Å². The second kappa shape index (κ2) is 4.17. The molecule has 2 heterocycles. The number of anilines is 1. The molecule has 1 aliphatic rings. The molecule has 0 spiro atoms. The molecule has 1 aromatic carbocycles. The number of rotatable bonds is 2. The summed E-state index contributed by atoms with van der Waals surface area (Å²) in [5, 5.41) is 4.82. The van der Waals surface area contributed by atoms with Crippen molar-refractivity contribution in [3.05, 3.63) is 51.5 Å². The lowest BCUT2D eigenvalue weighted by atomic mass is 9.76. The molecule has 98 valence electrons. The largest absolute Gasteiger partial charge is 0.325 e. The lowest BCUT2D eigenvalue weighted by Crippen LogP contribution is -2.34. The van der Waals surface area contributed by atoms with Crippen LogP contribution < -0.4 is 5.32 Å². The Morgan fingerprint density at radius 3 is 2.79 bits per heavy atom. The van der Waals surface area contributed by atoms with Crippen molar-refractivity contribution >= 4 is 22.9 Å². The van der Waals surface area contributed by atoms with Gasteiger partial charge in [-0.25, -0.2) is 4.39 Å². The standard InChI is InChI=1S/C15H14FNOS/c1-3-15(13-9(2)6-7-19-13)11-5-4-10(16)8-12(11)17-14(15)18/h4-8H,3H2,1-2H3,(H,17,18). The number of fused-ring (bicyclic) bond motifs is 1. The molecule has 0 bridgehead atoms. The number of halogens is 1. The second-order valence-corrected chi connectivity index (χ2v) is 5.75. The predicted molar refractivity (Wildman–Crippen MR) is 75.2 cm³/mol. The van der Waals surface area contributed by atoms with Gasteiger partial charge in [0, 0.05) is 10.6 Å². The van der Waals surface area contributed by atoms with Gasteiger partial charge >= 0.3 is 0 Å². The van der Waals surface area contributed by atoms with Crippen LogP contribution in [0.2, 0.25) is 0 Å². The van der Waals surface area contributed by atoms with Crippen LogP contribution in [0, 0.1) is 12.7 Å². The van der Waals surface area contributed by atoms with Crippen molar-refractivity contribution in [1.82, 2.24) is 0 Å². The van der Waals surface area contributed by atoms with Crippen LogP contribution in [-0.4, -0.2) is 5.91 Å². The van der Waals surface area contributed by atoms with Gasteiger partial charge in [-0.3, -0.25) is 4.79 Å². The molecule has 1 atom stereocenters. The summed E-state index contributed by atoms with van der Waals surface area (Å²) in [7, 11) is 0. The van der Waals surface area contributed by atoms with Crippen LogP contribution in [0.4, 0.5) is 10.1 Å². The Labute approximate surface area is 115 Å². The van der Waals surface area contributed by atoms with Crippen molar-refractivity contribution in [3.8, 4) is 0 Å². The fraction of sp³-hybridized carbons (Fsp3) is 0.267. The maximum Gasteiger partial charge on any atom is 0.240 e. The van der Waals surface area contributed by atoms with E-state index in [2.05, 4.69) is 5.32 Å². The molecule has 1 amide bonds. The molecule has 2 nitrogen and oxygen atoms in total. The molecule has 3 rings (SSSR count). The van der Waals surface area contributed by atoms with Gasteiger partial charge in [0.15, 0.2) is 0 Å². The molecule has 0 saturated carbocycles. The third-order valence-corrected chi connectivity index (χ3v) is 5.04. The van der Waals surface area contributed by atoms with Gasteiger partial charge in [-0.1, -0.05) is 13.0 Å². The van der Waals surface area contributed by atoms with Gasteiger partial charge in [-0.15, -0.1) is 11.3 Å². The molecule has 1 aliphatic heterocycles. The summed E-state index contributed by atoms with van der Waals surface area (Å²) >= 11 is 1.59. The summed E-state index contributed by atoms with van der Waals surface area (Å²) in [4.78, 5) is 13.6. The topological polar surface area (TPSA) is 29.1 Å². The fourth-order valence-electron chi connectivity index (χ4n) is 2.89. The summed E-state index contributed by atoms with van der Waals surface area (Å²) in [6, 6.07) is 6.57. The summed E-state index contributed by atoms with van der Waals surface area (Å²) in [5.74, 6) is -0.380. The van der Waals surface area contributed by atoms with Crippen molar-refractivity contribution in [3.63, 3.8) is 0 Å². The fourth-order valence-corrected chi connectivity index (χ4v) is 4.10. The van der Waals surface area contributed by atoms with E-state index in [1.807, 2.05) is 25.3 Å². The molecule has 0 fully saturated rings. The number of carbonyl (C=O) groups is 1.